The molecule has 1 atom stereocenters. The van der Waals surface area contributed by atoms with Crippen molar-refractivity contribution in [2.75, 3.05) is 18.8 Å². The monoisotopic (exact) mass is 371 g/mol. The first-order chi connectivity index (χ1) is 11.7. The Hall–Kier alpha value is -1.64. The lowest BCUT2D eigenvalue weighted by Gasteiger charge is -2.29. The van der Waals surface area contributed by atoms with Crippen LogP contribution in [0.25, 0.3) is 0 Å². The molecule has 0 radical (unpaired) electrons. The number of unbranched alkanes of at least 4 members (excludes halogenated alkanes) is 1. The highest BCUT2D eigenvalue weighted by Gasteiger charge is 2.35. The van der Waals surface area contributed by atoms with Crippen LogP contribution in [0.2, 0.25) is 0 Å². The molecular weight excluding hydrogens is 342 g/mol. The van der Waals surface area contributed by atoms with Crippen LogP contribution in [0.4, 0.5) is 5.69 Å². The molecule has 7 nitrogen and oxygen atoms in total. The summed E-state index contributed by atoms with van der Waals surface area (Å²) >= 11 is 0. The molecule has 1 aromatic rings. The predicted molar refractivity (Wildman–Crippen MR) is 98.5 cm³/mol. The summed E-state index contributed by atoms with van der Waals surface area (Å²) in [5, 5.41) is 9.61. The minimum Gasteiger partial charge on any atom is -0.480 e. The number of nitrogens with two attached hydrogens (primary N) is 2. The van der Waals surface area contributed by atoms with Gasteiger partial charge in [0.25, 0.3) is 0 Å². The Morgan fingerprint density at radius 2 is 1.76 bits per heavy atom. The van der Waals surface area contributed by atoms with E-state index in [9.17, 15) is 18.3 Å². The van der Waals surface area contributed by atoms with Gasteiger partial charge in [-0.3, -0.25) is 4.79 Å². The van der Waals surface area contributed by atoms with Gasteiger partial charge in [-0.15, -0.1) is 0 Å². The van der Waals surface area contributed by atoms with Crippen molar-refractivity contribution in [2.45, 2.75) is 50.5 Å². The van der Waals surface area contributed by atoms with Crippen LogP contribution in [0, 0.1) is 5.92 Å². The van der Waals surface area contributed by atoms with E-state index < -0.39 is 22.0 Å². The molecule has 1 rings (SSSR count). The number of hydrogen-bond acceptors (Lipinski definition) is 5. The number of benzene rings is 1. The standard InChI is InChI=1S/C17H29N3O4S/c1-13(2)10-12-20(16(17(21)22)5-3-4-11-18)25(23,24)15-8-6-14(19)7-9-15/h6-9,13,16H,3-5,10-12,18-19H2,1-2H3,(H,21,22)/t16-/m0/s1. The summed E-state index contributed by atoms with van der Waals surface area (Å²) in [4.78, 5) is 11.8. The maximum atomic E-state index is 13.0. The smallest absolute Gasteiger partial charge is 0.322 e. The van der Waals surface area contributed by atoms with Crippen molar-refractivity contribution < 1.29 is 18.3 Å². The van der Waals surface area contributed by atoms with Crippen molar-refractivity contribution >= 4 is 21.7 Å². The molecule has 0 heterocycles. The highest BCUT2D eigenvalue weighted by Crippen LogP contribution is 2.23. The van der Waals surface area contributed by atoms with Crippen molar-refractivity contribution in [3.63, 3.8) is 0 Å². The van der Waals surface area contributed by atoms with E-state index in [0.717, 1.165) is 4.31 Å². The third-order valence-electron chi connectivity index (χ3n) is 3.98. The van der Waals surface area contributed by atoms with E-state index in [4.69, 9.17) is 11.5 Å². The van der Waals surface area contributed by atoms with E-state index in [-0.39, 0.29) is 23.8 Å². The molecule has 8 heteroatoms. The van der Waals surface area contributed by atoms with Crippen LogP contribution in [0.5, 0.6) is 0 Å². The summed E-state index contributed by atoms with van der Waals surface area (Å²) in [6, 6.07) is 4.71. The molecule has 0 unspecified atom stereocenters. The number of carbonyl (C=O) groups is 1. The van der Waals surface area contributed by atoms with Crippen LogP contribution in [-0.4, -0.2) is 42.9 Å². The van der Waals surface area contributed by atoms with E-state index in [1.54, 1.807) is 0 Å². The number of sulfonamides is 1. The normalized spacial score (nSPS) is 13.3. The zero-order valence-electron chi connectivity index (χ0n) is 14.9. The van der Waals surface area contributed by atoms with Crippen molar-refractivity contribution in [2.24, 2.45) is 11.7 Å². The van der Waals surface area contributed by atoms with Crippen LogP contribution in [-0.2, 0) is 14.8 Å². The maximum Gasteiger partial charge on any atom is 0.322 e. The average Bonchev–Trinajstić information content (AvgIpc) is 2.53. The van der Waals surface area contributed by atoms with Gasteiger partial charge in [0.05, 0.1) is 4.90 Å². The molecule has 0 aliphatic heterocycles. The van der Waals surface area contributed by atoms with E-state index in [0.29, 0.717) is 31.5 Å². The fourth-order valence-corrected chi connectivity index (χ4v) is 4.10. The summed E-state index contributed by atoms with van der Waals surface area (Å²) in [6.45, 7) is 4.55. The second-order valence-corrected chi connectivity index (χ2v) is 8.40. The van der Waals surface area contributed by atoms with Gasteiger partial charge in [0, 0.05) is 12.2 Å². The second kappa shape index (κ2) is 9.74. The van der Waals surface area contributed by atoms with Crippen LogP contribution in [0.15, 0.2) is 29.2 Å². The van der Waals surface area contributed by atoms with E-state index >= 15 is 0 Å². The van der Waals surface area contributed by atoms with Gasteiger partial charge in [0.2, 0.25) is 10.0 Å². The first-order valence-corrected chi connectivity index (χ1v) is 9.94. The molecule has 0 spiro atoms. The third-order valence-corrected chi connectivity index (χ3v) is 5.90. The third kappa shape index (κ3) is 6.30. The molecule has 0 fully saturated rings. The Labute approximate surface area is 150 Å². The predicted octanol–water partition coefficient (Wildman–Crippen LogP) is 1.89. The first-order valence-electron chi connectivity index (χ1n) is 8.50. The lowest BCUT2D eigenvalue weighted by Crippen LogP contribution is -2.45. The SMILES string of the molecule is CC(C)CCN([C@@H](CCCCN)C(=O)O)S(=O)(=O)c1ccc(N)cc1. The highest BCUT2D eigenvalue weighted by atomic mass is 32.2. The first kappa shape index (κ1) is 21.4. The van der Waals surface area contributed by atoms with Crippen molar-refractivity contribution in [3.05, 3.63) is 24.3 Å². The van der Waals surface area contributed by atoms with Gasteiger partial charge in [0.1, 0.15) is 6.04 Å². The summed E-state index contributed by atoms with van der Waals surface area (Å²) in [5.74, 6) is -0.887. The van der Waals surface area contributed by atoms with Gasteiger partial charge in [0.15, 0.2) is 0 Å². The number of aliphatic carboxylic acids is 1. The zero-order chi connectivity index (χ0) is 19.0. The van der Waals surface area contributed by atoms with Gasteiger partial charge in [-0.1, -0.05) is 13.8 Å². The van der Waals surface area contributed by atoms with Gasteiger partial charge in [-0.25, -0.2) is 8.42 Å². The lowest BCUT2D eigenvalue weighted by molar-refractivity contribution is -0.141. The molecule has 142 valence electrons. The number of rotatable bonds is 11. The van der Waals surface area contributed by atoms with Gasteiger partial charge in [-0.2, -0.15) is 4.31 Å². The van der Waals surface area contributed by atoms with Gasteiger partial charge >= 0.3 is 5.97 Å². The summed E-state index contributed by atoms with van der Waals surface area (Å²) in [5.41, 5.74) is 11.5. The van der Waals surface area contributed by atoms with Crippen molar-refractivity contribution in [1.29, 1.82) is 0 Å². The Bertz CT molecular complexity index is 644. The molecule has 1 aromatic carbocycles. The number of nitrogen functional groups attached to an aromatic ring is 1. The molecule has 0 saturated carbocycles. The molecule has 0 aliphatic carbocycles. The van der Waals surface area contributed by atoms with E-state index in [1.807, 2.05) is 13.8 Å². The Morgan fingerprint density at radius 1 is 1.16 bits per heavy atom. The fourth-order valence-electron chi connectivity index (χ4n) is 2.48. The van der Waals surface area contributed by atoms with E-state index in [1.165, 1.54) is 24.3 Å². The molecule has 0 aromatic heterocycles. The average molecular weight is 372 g/mol. The van der Waals surface area contributed by atoms with Crippen LogP contribution < -0.4 is 11.5 Å². The molecule has 0 bridgehead atoms. The molecule has 0 amide bonds. The summed E-state index contributed by atoms with van der Waals surface area (Å²) < 4.78 is 27.2. The maximum absolute atomic E-state index is 13.0. The summed E-state index contributed by atoms with van der Waals surface area (Å²) in [6.07, 6.45) is 2.03. The number of anilines is 1. The van der Waals surface area contributed by atoms with Crippen LogP contribution in [0.3, 0.4) is 0 Å². The van der Waals surface area contributed by atoms with E-state index in [2.05, 4.69) is 0 Å². The molecule has 5 N–H and O–H groups in total. The second-order valence-electron chi connectivity index (χ2n) is 6.51. The van der Waals surface area contributed by atoms with Crippen molar-refractivity contribution in [3.8, 4) is 0 Å². The largest absolute Gasteiger partial charge is 0.480 e. The Kier molecular flexibility index (Phi) is 8.34. The minimum atomic E-state index is -3.93. The highest BCUT2D eigenvalue weighted by molar-refractivity contribution is 7.89. The number of hydrogen-bond donors (Lipinski definition) is 3. The van der Waals surface area contributed by atoms with Gasteiger partial charge in [-0.05, 0) is 62.4 Å². The quantitative estimate of drug-likeness (QED) is 0.403. The number of nitrogens with zero attached hydrogens (tertiary/aromatic N) is 1. The molecule has 0 aliphatic rings. The minimum absolute atomic E-state index is 0.0514. The van der Waals surface area contributed by atoms with Crippen LogP contribution >= 0.6 is 0 Å². The molecular formula is C17H29N3O4S. The number of carboxylic acids is 1. The lowest BCUT2D eigenvalue weighted by atomic mass is 10.1. The topological polar surface area (TPSA) is 127 Å². The van der Waals surface area contributed by atoms with Gasteiger partial charge < -0.3 is 16.6 Å². The molecule has 0 saturated heterocycles. The fraction of sp³-hybridized carbons (Fsp3) is 0.588. The number of carboxylic acid groups (broad SMARTS) is 1. The van der Waals surface area contributed by atoms with Crippen LogP contribution in [0.1, 0.15) is 39.5 Å². The Balaban J connectivity index is 3.19. The zero-order valence-corrected chi connectivity index (χ0v) is 15.7. The van der Waals surface area contributed by atoms with Crippen molar-refractivity contribution in [1.82, 2.24) is 4.31 Å². The molecule has 25 heavy (non-hydrogen) atoms. The Morgan fingerprint density at radius 3 is 2.24 bits per heavy atom. The summed E-state index contributed by atoms with van der Waals surface area (Å²) in [7, 11) is -3.93.